The van der Waals surface area contributed by atoms with Gasteiger partial charge in [-0.25, -0.2) is 4.98 Å². The lowest BCUT2D eigenvalue weighted by atomic mass is 10.1. The van der Waals surface area contributed by atoms with Gasteiger partial charge in [0.25, 0.3) is 5.91 Å². The van der Waals surface area contributed by atoms with Crippen LogP contribution in [0.3, 0.4) is 0 Å². The molecule has 8 nitrogen and oxygen atoms in total. The number of carbonyl (C=O) groups excluding carboxylic acids is 1. The van der Waals surface area contributed by atoms with Gasteiger partial charge < -0.3 is 29.8 Å². The first kappa shape index (κ1) is 25.2. The number of nitrogens with zero attached hydrogens (tertiary/aromatic N) is 4. The summed E-state index contributed by atoms with van der Waals surface area (Å²) in [6.45, 7) is 2.77. The Kier molecular flexibility index (Phi) is 5.85. The van der Waals surface area contributed by atoms with Crippen molar-refractivity contribution in [2.24, 2.45) is 30.5 Å². The fourth-order valence-electron chi connectivity index (χ4n) is 7.42. The van der Waals surface area contributed by atoms with E-state index in [0.717, 1.165) is 66.9 Å². The number of ether oxygens (including phenoxy) is 1. The number of benzene rings is 2. The quantitative estimate of drug-likeness (QED) is 0.291. The molecule has 8 heteroatoms. The predicted molar refractivity (Wildman–Crippen MR) is 162 cm³/mol. The van der Waals surface area contributed by atoms with Gasteiger partial charge in [0.15, 0.2) is 5.82 Å². The third-order valence-corrected chi connectivity index (χ3v) is 10.2. The van der Waals surface area contributed by atoms with E-state index >= 15 is 0 Å². The first-order valence-electron chi connectivity index (χ1n) is 15.5. The second-order valence-electron chi connectivity index (χ2n) is 13.0. The molecule has 41 heavy (non-hydrogen) atoms. The molecule has 0 spiro atoms. The SMILES string of the molecule is COc1cc(C(=O)N2C[C@H]3CC[C@@H]2[C@H]3N)cc2nc(-c3cc4cc(NCCC5CC5)ccc4n3CC3CC3)n(C)c12. The number of hydrogen-bond acceptors (Lipinski definition) is 5. The fourth-order valence-corrected chi connectivity index (χ4v) is 7.42. The van der Waals surface area contributed by atoms with Crippen LogP contribution in [0, 0.1) is 17.8 Å². The molecule has 214 valence electrons. The van der Waals surface area contributed by atoms with E-state index in [1.54, 1.807) is 7.11 Å². The molecule has 3 saturated carbocycles. The largest absolute Gasteiger partial charge is 0.494 e. The van der Waals surface area contributed by atoms with Gasteiger partial charge >= 0.3 is 0 Å². The van der Waals surface area contributed by atoms with Crippen LogP contribution in [0.2, 0.25) is 0 Å². The number of fused-ring (bicyclic) bond motifs is 4. The maximum absolute atomic E-state index is 13.7. The topological polar surface area (TPSA) is 90.3 Å². The monoisotopic (exact) mass is 552 g/mol. The highest BCUT2D eigenvalue weighted by molar-refractivity contribution is 6.00. The Morgan fingerprint density at radius 3 is 2.61 bits per heavy atom. The Morgan fingerprint density at radius 1 is 1.07 bits per heavy atom. The number of amides is 1. The number of piperidine rings is 1. The first-order chi connectivity index (χ1) is 20.0. The molecule has 0 unspecified atom stereocenters. The summed E-state index contributed by atoms with van der Waals surface area (Å²) in [7, 11) is 3.72. The van der Waals surface area contributed by atoms with Crippen molar-refractivity contribution in [3.05, 3.63) is 42.0 Å². The van der Waals surface area contributed by atoms with Crippen LogP contribution >= 0.6 is 0 Å². The number of carbonyl (C=O) groups is 1. The standard InChI is InChI=1S/C33H40N6O2/c1-37-31-25(14-23(16-29(31)41-2)33(40)39-18-21-7-9-27(39)30(21)34)36-32(37)28-15-22-13-24(35-12-11-19-3-4-19)8-10-26(22)38(28)17-20-5-6-20/h8,10,13-16,19-21,27,30,35H,3-7,9,11-12,17-18,34H2,1-2H3/t21-,27-,30+/m1/s1. The van der Waals surface area contributed by atoms with Crippen molar-refractivity contribution in [2.45, 2.75) is 63.6 Å². The van der Waals surface area contributed by atoms with Gasteiger partial charge in [0.2, 0.25) is 0 Å². The van der Waals surface area contributed by atoms with Crippen LogP contribution in [0.1, 0.15) is 55.3 Å². The molecular weight excluding hydrogens is 512 g/mol. The third-order valence-electron chi connectivity index (χ3n) is 10.2. The molecule has 2 aromatic heterocycles. The minimum atomic E-state index is 0.0321. The number of imidazole rings is 1. The summed E-state index contributed by atoms with van der Waals surface area (Å²) in [6.07, 6.45) is 8.71. The minimum absolute atomic E-state index is 0.0321. The molecule has 4 aromatic rings. The number of anilines is 1. The van der Waals surface area contributed by atoms with Gasteiger partial charge in [-0.1, -0.05) is 12.8 Å². The summed E-state index contributed by atoms with van der Waals surface area (Å²) in [6, 6.07) is 13.1. The Bertz CT molecular complexity index is 1660. The molecule has 4 aliphatic rings. The van der Waals surface area contributed by atoms with Crippen molar-refractivity contribution >= 4 is 33.5 Å². The first-order valence-corrected chi connectivity index (χ1v) is 15.5. The fraction of sp³-hybridized carbons (Fsp3) is 0.515. The van der Waals surface area contributed by atoms with Crippen LogP contribution in [0.15, 0.2) is 36.4 Å². The number of likely N-dealkylation sites (tertiary alicyclic amines) is 1. The molecule has 2 bridgehead atoms. The van der Waals surface area contributed by atoms with Crippen LogP contribution in [-0.4, -0.2) is 57.2 Å². The van der Waals surface area contributed by atoms with Crippen molar-refractivity contribution in [2.75, 3.05) is 25.5 Å². The van der Waals surface area contributed by atoms with Crippen molar-refractivity contribution < 1.29 is 9.53 Å². The summed E-state index contributed by atoms with van der Waals surface area (Å²) in [5.74, 6) is 3.66. The summed E-state index contributed by atoms with van der Waals surface area (Å²) in [5.41, 5.74) is 12.3. The van der Waals surface area contributed by atoms with Gasteiger partial charge in [-0.05, 0) is 86.3 Å². The lowest BCUT2D eigenvalue weighted by Crippen LogP contribution is -2.41. The van der Waals surface area contributed by atoms with E-state index in [-0.39, 0.29) is 18.0 Å². The normalized spacial score (nSPS) is 23.7. The maximum atomic E-state index is 13.7. The number of nitrogens with two attached hydrogens (primary N) is 1. The lowest BCUT2D eigenvalue weighted by molar-refractivity contribution is 0.0700. The molecular formula is C33H40N6O2. The van der Waals surface area contributed by atoms with E-state index in [0.29, 0.717) is 17.2 Å². The average Bonchev–Trinajstić information content (AvgIpc) is 3.88. The van der Waals surface area contributed by atoms with Gasteiger partial charge in [-0.3, -0.25) is 4.79 Å². The molecule has 1 aliphatic heterocycles. The minimum Gasteiger partial charge on any atom is -0.494 e. The van der Waals surface area contributed by atoms with Crippen molar-refractivity contribution in [3.63, 3.8) is 0 Å². The molecule has 3 heterocycles. The zero-order valence-electron chi connectivity index (χ0n) is 24.1. The van der Waals surface area contributed by atoms with Gasteiger partial charge in [0.05, 0.1) is 18.3 Å². The molecule has 1 amide bonds. The highest BCUT2D eigenvalue weighted by atomic mass is 16.5. The van der Waals surface area contributed by atoms with E-state index in [9.17, 15) is 4.79 Å². The third kappa shape index (κ3) is 4.30. The summed E-state index contributed by atoms with van der Waals surface area (Å²) in [5, 5.41) is 4.87. The molecule has 0 radical (unpaired) electrons. The van der Waals surface area contributed by atoms with Gasteiger partial charge in [0, 0.05) is 60.9 Å². The maximum Gasteiger partial charge on any atom is 0.254 e. The summed E-state index contributed by atoms with van der Waals surface area (Å²) in [4.78, 5) is 20.8. The zero-order chi connectivity index (χ0) is 27.8. The molecule has 2 aromatic carbocycles. The van der Waals surface area contributed by atoms with Crippen molar-refractivity contribution in [1.29, 1.82) is 0 Å². The summed E-state index contributed by atoms with van der Waals surface area (Å²) < 4.78 is 10.4. The molecule has 3 N–H and O–H groups in total. The predicted octanol–water partition coefficient (Wildman–Crippen LogP) is 5.39. The second kappa shape index (κ2) is 9.51. The van der Waals surface area contributed by atoms with Crippen LogP contribution in [0.25, 0.3) is 33.5 Å². The number of nitrogens with one attached hydrogen (secondary N) is 1. The number of methoxy groups -OCH3 is 1. The van der Waals surface area contributed by atoms with Crippen LogP contribution in [0.4, 0.5) is 5.69 Å². The Hall–Kier alpha value is -3.52. The smallest absolute Gasteiger partial charge is 0.254 e. The van der Waals surface area contributed by atoms with E-state index in [4.69, 9.17) is 15.5 Å². The Labute approximate surface area is 240 Å². The number of aromatic nitrogens is 3. The van der Waals surface area contributed by atoms with Crippen molar-refractivity contribution in [3.8, 4) is 17.3 Å². The Balaban J connectivity index is 1.18. The molecule has 3 atom stereocenters. The van der Waals surface area contributed by atoms with Gasteiger partial charge in [0.1, 0.15) is 11.3 Å². The molecule has 1 saturated heterocycles. The molecule has 3 aliphatic carbocycles. The number of rotatable bonds is 9. The molecule has 4 fully saturated rings. The molecule has 8 rings (SSSR count). The van der Waals surface area contributed by atoms with Crippen LogP contribution in [-0.2, 0) is 13.6 Å². The number of aryl methyl sites for hydroxylation is 1. The average molecular weight is 553 g/mol. The van der Waals surface area contributed by atoms with Crippen molar-refractivity contribution in [1.82, 2.24) is 19.0 Å². The van der Waals surface area contributed by atoms with E-state index in [2.05, 4.69) is 45.8 Å². The summed E-state index contributed by atoms with van der Waals surface area (Å²) >= 11 is 0. The van der Waals surface area contributed by atoms with Crippen LogP contribution in [0.5, 0.6) is 5.75 Å². The van der Waals surface area contributed by atoms with Crippen LogP contribution < -0.4 is 15.8 Å². The number of hydrogen-bond donors (Lipinski definition) is 2. The van der Waals surface area contributed by atoms with E-state index < -0.39 is 0 Å². The zero-order valence-corrected chi connectivity index (χ0v) is 24.1. The Morgan fingerprint density at radius 2 is 1.90 bits per heavy atom. The second-order valence-corrected chi connectivity index (χ2v) is 13.0. The highest BCUT2D eigenvalue weighted by Crippen LogP contribution is 2.40. The van der Waals surface area contributed by atoms with Gasteiger partial charge in [-0.15, -0.1) is 0 Å². The van der Waals surface area contributed by atoms with Gasteiger partial charge in [-0.2, -0.15) is 0 Å². The van der Waals surface area contributed by atoms with E-state index in [1.165, 1.54) is 48.7 Å². The van der Waals surface area contributed by atoms with E-state index in [1.807, 2.05) is 17.0 Å². The highest BCUT2D eigenvalue weighted by Gasteiger charge is 2.47. The lowest BCUT2D eigenvalue weighted by Gasteiger charge is -2.27.